The van der Waals surface area contributed by atoms with Crippen LogP contribution in [0.3, 0.4) is 0 Å². The Kier molecular flexibility index (Phi) is 5.09. The van der Waals surface area contributed by atoms with E-state index in [0.29, 0.717) is 13.0 Å². The van der Waals surface area contributed by atoms with E-state index in [9.17, 15) is 4.79 Å². The highest BCUT2D eigenvalue weighted by Crippen LogP contribution is 2.10. The van der Waals surface area contributed by atoms with Crippen molar-refractivity contribution in [2.45, 2.75) is 39.2 Å². The lowest BCUT2D eigenvalue weighted by molar-refractivity contribution is -0.121. The lowest BCUT2D eigenvalue weighted by Gasteiger charge is -2.02. The number of carbonyl (C=O) groups excluding carboxylic acids is 1. The molecule has 0 saturated heterocycles. The number of aromatic nitrogens is 3. The van der Waals surface area contributed by atoms with Crippen LogP contribution in [0, 0.1) is 0 Å². The van der Waals surface area contributed by atoms with E-state index in [1.165, 1.54) is 0 Å². The molecule has 0 atom stereocenters. The van der Waals surface area contributed by atoms with Crippen LogP contribution in [0.25, 0.3) is 0 Å². The molecule has 2 rings (SSSR count). The lowest BCUT2D eigenvalue weighted by Crippen LogP contribution is -2.22. The number of amides is 1. The maximum atomic E-state index is 11.7. The largest absolute Gasteiger partial charge is 0.350 e. The number of aromatic amines is 1. The molecule has 0 bridgehead atoms. The SMILES string of the molecule is CCc1csc(CNC(=O)CCCc2cn[nH]c2)n1. The quantitative estimate of drug-likeness (QED) is 0.814. The van der Waals surface area contributed by atoms with Crippen molar-refractivity contribution < 1.29 is 4.79 Å². The van der Waals surface area contributed by atoms with Gasteiger partial charge in [-0.3, -0.25) is 9.89 Å². The Labute approximate surface area is 116 Å². The van der Waals surface area contributed by atoms with Gasteiger partial charge in [0.2, 0.25) is 5.91 Å². The van der Waals surface area contributed by atoms with Gasteiger partial charge in [0.05, 0.1) is 18.4 Å². The van der Waals surface area contributed by atoms with Crippen LogP contribution < -0.4 is 5.32 Å². The molecular weight excluding hydrogens is 260 g/mol. The fraction of sp³-hybridized carbons (Fsp3) is 0.462. The van der Waals surface area contributed by atoms with Crippen LogP contribution in [-0.4, -0.2) is 21.1 Å². The van der Waals surface area contributed by atoms with Gasteiger partial charge in [-0.1, -0.05) is 6.92 Å². The Bertz CT molecular complexity index is 506. The van der Waals surface area contributed by atoms with Gasteiger partial charge in [-0.15, -0.1) is 11.3 Å². The number of hydrogen-bond donors (Lipinski definition) is 2. The van der Waals surface area contributed by atoms with Crippen molar-refractivity contribution in [2.75, 3.05) is 0 Å². The lowest BCUT2D eigenvalue weighted by atomic mass is 10.1. The Balaban J connectivity index is 1.64. The first-order valence-electron chi connectivity index (χ1n) is 6.45. The van der Waals surface area contributed by atoms with E-state index in [2.05, 4.69) is 27.4 Å². The van der Waals surface area contributed by atoms with Crippen molar-refractivity contribution in [3.8, 4) is 0 Å². The van der Waals surface area contributed by atoms with Crippen LogP contribution in [-0.2, 0) is 24.2 Å². The van der Waals surface area contributed by atoms with Gasteiger partial charge in [0.25, 0.3) is 0 Å². The Morgan fingerprint density at radius 1 is 1.53 bits per heavy atom. The molecule has 2 aromatic heterocycles. The van der Waals surface area contributed by atoms with Crippen molar-refractivity contribution in [1.29, 1.82) is 0 Å². The number of nitrogens with one attached hydrogen (secondary N) is 2. The first-order chi connectivity index (χ1) is 9.28. The summed E-state index contributed by atoms with van der Waals surface area (Å²) in [4.78, 5) is 16.1. The number of H-pyrrole nitrogens is 1. The summed E-state index contributed by atoms with van der Waals surface area (Å²) in [6, 6.07) is 0. The predicted molar refractivity (Wildman–Crippen MR) is 74.9 cm³/mol. The van der Waals surface area contributed by atoms with E-state index in [1.807, 2.05) is 11.6 Å². The van der Waals surface area contributed by atoms with Crippen LogP contribution in [0.15, 0.2) is 17.8 Å². The van der Waals surface area contributed by atoms with E-state index in [4.69, 9.17) is 0 Å². The molecule has 0 spiro atoms. The monoisotopic (exact) mass is 278 g/mol. The van der Waals surface area contributed by atoms with Crippen molar-refractivity contribution in [3.63, 3.8) is 0 Å². The molecule has 0 saturated carbocycles. The first kappa shape index (κ1) is 13.7. The van der Waals surface area contributed by atoms with Crippen molar-refractivity contribution >= 4 is 17.2 Å². The summed E-state index contributed by atoms with van der Waals surface area (Å²) in [5, 5.41) is 12.6. The van der Waals surface area contributed by atoms with Crippen LogP contribution in [0.1, 0.15) is 36.0 Å². The molecule has 2 heterocycles. The molecule has 0 aliphatic rings. The molecule has 0 aliphatic heterocycles. The van der Waals surface area contributed by atoms with E-state index >= 15 is 0 Å². The second-order valence-electron chi connectivity index (χ2n) is 4.32. The minimum absolute atomic E-state index is 0.0803. The van der Waals surface area contributed by atoms with Gasteiger partial charge >= 0.3 is 0 Å². The number of carbonyl (C=O) groups is 1. The minimum atomic E-state index is 0.0803. The number of hydrogen-bond acceptors (Lipinski definition) is 4. The fourth-order valence-electron chi connectivity index (χ4n) is 1.72. The molecule has 5 nitrogen and oxygen atoms in total. The summed E-state index contributed by atoms with van der Waals surface area (Å²) in [7, 11) is 0. The second kappa shape index (κ2) is 7.04. The van der Waals surface area contributed by atoms with Gasteiger partial charge < -0.3 is 5.32 Å². The summed E-state index contributed by atoms with van der Waals surface area (Å²) in [5.74, 6) is 0.0803. The Morgan fingerprint density at radius 2 is 2.42 bits per heavy atom. The second-order valence-corrected chi connectivity index (χ2v) is 5.27. The summed E-state index contributed by atoms with van der Waals surface area (Å²) >= 11 is 1.60. The topological polar surface area (TPSA) is 70.7 Å². The Hall–Kier alpha value is -1.69. The van der Waals surface area contributed by atoms with Crippen LogP contribution >= 0.6 is 11.3 Å². The normalized spacial score (nSPS) is 10.6. The molecule has 19 heavy (non-hydrogen) atoms. The predicted octanol–water partition coefficient (Wildman–Crippen LogP) is 2.07. The molecule has 0 aliphatic carbocycles. The number of thiazole rings is 1. The molecule has 102 valence electrons. The van der Waals surface area contributed by atoms with Crippen molar-refractivity contribution in [3.05, 3.63) is 34.0 Å². The maximum Gasteiger partial charge on any atom is 0.220 e. The van der Waals surface area contributed by atoms with E-state index < -0.39 is 0 Å². The molecule has 0 fully saturated rings. The summed E-state index contributed by atoms with van der Waals surface area (Å²) in [5.41, 5.74) is 2.23. The van der Waals surface area contributed by atoms with Gasteiger partial charge in [-0.25, -0.2) is 4.98 Å². The molecule has 6 heteroatoms. The summed E-state index contributed by atoms with van der Waals surface area (Å²) in [6.45, 7) is 2.61. The zero-order chi connectivity index (χ0) is 13.5. The standard InChI is InChI=1S/C13H18N4OS/c1-2-11-9-19-13(17-11)8-14-12(18)5-3-4-10-6-15-16-7-10/h6-7,9H,2-5,8H2,1H3,(H,14,18)(H,15,16). The summed E-state index contributed by atoms with van der Waals surface area (Å²) in [6.07, 6.45) is 6.84. The van der Waals surface area contributed by atoms with Gasteiger partial charge in [0.1, 0.15) is 5.01 Å². The molecule has 0 aromatic carbocycles. The third kappa shape index (κ3) is 4.48. The average molecular weight is 278 g/mol. The van der Waals surface area contributed by atoms with E-state index in [-0.39, 0.29) is 5.91 Å². The minimum Gasteiger partial charge on any atom is -0.350 e. The van der Waals surface area contributed by atoms with Crippen LogP contribution in [0.2, 0.25) is 0 Å². The zero-order valence-corrected chi connectivity index (χ0v) is 11.8. The highest BCUT2D eigenvalue weighted by Gasteiger charge is 2.04. The smallest absolute Gasteiger partial charge is 0.220 e. The number of rotatable bonds is 7. The molecule has 0 unspecified atom stereocenters. The average Bonchev–Trinajstić information content (AvgIpc) is 3.07. The van der Waals surface area contributed by atoms with Crippen molar-refractivity contribution in [2.24, 2.45) is 0 Å². The van der Waals surface area contributed by atoms with Gasteiger partial charge in [-0.05, 0) is 24.8 Å². The first-order valence-corrected chi connectivity index (χ1v) is 7.33. The van der Waals surface area contributed by atoms with Gasteiger partial charge in [0.15, 0.2) is 0 Å². The number of nitrogens with zero attached hydrogens (tertiary/aromatic N) is 2. The highest BCUT2D eigenvalue weighted by atomic mass is 32.1. The fourth-order valence-corrected chi connectivity index (χ4v) is 2.54. The van der Waals surface area contributed by atoms with E-state index in [1.54, 1.807) is 17.5 Å². The number of aryl methyl sites for hydroxylation is 2. The van der Waals surface area contributed by atoms with E-state index in [0.717, 1.165) is 35.5 Å². The highest BCUT2D eigenvalue weighted by molar-refractivity contribution is 7.09. The van der Waals surface area contributed by atoms with Gasteiger partial charge in [-0.2, -0.15) is 5.10 Å². The molecule has 1 amide bonds. The third-order valence-electron chi connectivity index (χ3n) is 2.82. The molecule has 2 N–H and O–H groups in total. The summed E-state index contributed by atoms with van der Waals surface area (Å²) < 4.78 is 0. The Morgan fingerprint density at radius 3 is 3.11 bits per heavy atom. The third-order valence-corrected chi connectivity index (χ3v) is 3.72. The molecule has 2 aromatic rings. The maximum absolute atomic E-state index is 11.7. The van der Waals surface area contributed by atoms with Crippen LogP contribution in [0.5, 0.6) is 0 Å². The molecule has 0 radical (unpaired) electrons. The van der Waals surface area contributed by atoms with Gasteiger partial charge in [0, 0.05) is 18.0 Å². The zero-order valence-electron chi connectivity index (χ0n) is 11.0. The molecular formula is C13H18N4OS. The van der Waals surface area contributed by atoms with Crippen LogP contribution in [0.4, 0.5) is 0 Å². The van der Waals surface area contributed by atoms with Crippen molar-refractivity contribution in [1.82, 2.24) is 20.5 Å².